The number of anilines is 1. The summed E-state index contributed by atoms with van der Waals surface area (Å²) < 4.78 is 4.99. The molecule has 0 atom stereocenters. The lowest BCUT2D eigenvalue weighted by atomic mass is 9.88. The predicted octanol–water partition coefficient (Wildman–Crippen LogP) is 3.61. The summed E-state index contributed by atoms with van der Waals surface area (Å²) >= 11 is 0. The van der Waals surface area contributed by atoms with E-state index in [1.807, 2.05) is 30.3 Å². The highest BCUT2D eigenvalue weighted by Crippen LogP contribution is 2.26. The zero-order chi connectivity index (χ0) is 13.4. The van der Waals surface area contributed by atoms with Crippen LogP contribution in [0.5, 0.6) is 0 Å². The maximum Gasteiger partial charge on any atom is 0.331 e. The Labute approximate surface area is 110 Å². The number of rotatable bonds is 7. The van der Waals surface area contributed by atoms with Gasteiger partial charge in [-0.05, 0) is 25.0 Å². The van der Waals surface area contributed by atoms with Gasteiger partial charge in [0.1, 0.15) is 5.54 Å². The molecule has 0 unspecified atom stereocenters. The quantitative estimate of drug-likeness (QED) is 0.750. The average molecular weight is 249 g/mol. The van der Waals surface area contributed by atoms with Crippen molar-refractivity contribution >= 4 is 11.7 Å². The molecular weight excluding hydrogens is 226 g/mol. The summed E-state index contributed by atoms with van der Waals surface area (Å²) in [4.78, 5) is 12.1. The van der Waals surface area contributed by atoms with E-state index in [1.54, 1.807) is 0 Å². The molecule has 0 aliphatic heterocycles. The second kappa shape index (κ2) is 7.04. The van der Waals surface area contributed by atoms with Crippen LogP contribution in [0.1, 0.15) is 39.5 Å². The highest BCUT2D eigenvalue weighted by molar-refractivity contribution is 5.84. The molecule has 1 rings (SSSR count). The summed E-state index contributed by atoms with van der Waals surface area (Å²) in [5, 5.41) is 3.37. The fourth-order valence-corrected chi connectivity index (χ4v) is 2.35. The van der Waals surface area contributed by atoms with Crippen molar-refractivity contribution in [3.8, 4) is 0 Å². The summed E-state index contributed by atoms with van der Waals surface area (Å²) in [6.07, 6.45) is 3.44. The molecule has 0 aromatic heterocycles. The van der Waals surface area contributed by atoms with E-state index in [-0.39, 0.29) is 5.97 Å². The number of ether oxygens (including phenoxy) is 1. The van der Waals surface area contributed by atoms with Crippen molar-refractivity contribution in [2.45, 2.75) is 45.1 Å². The van der Waals surface area contributed by atoms with Crippen LogP contribution in [0, 0.1) is 0 Å². The third kappa shape index (κ3) is 3.49. The van der Waals surface area contributed by atoms with Crippen LogP contribution in [0.3, 0.4) is 0 Å². The molecule has 0 amide bonds. The lowest BCUT2D eigenvalue weighted by Crippen LogP contribution is -2.47. The summed E-state index contributed by atoms with van der Waals surface area (Å²) in [5.74, 6) is -0.171. The number of hydrogen-bond donors (Lipinski definition) is 1. The van der Waals surface area contributed by atoms with Gasteiger partial charge >= 0.3 is 5.97 Å². The van der Waals surface area contributed by atoms with Crippen LogP contribution in [0.4, 0.5) is 5.69 Å². The molecule has 1 aromatic rings. The van der Waals surface area contributed by atoms with Gasteiger partial charge in [0.15, 0.2) is 0 Å². The van der Waals surface area contributed by atoms with Gasteiger partial charge in [-0.15, -0.1) is 0 Å². The number of esters is 1. The van der Waals surface area contributed by atoms with Crippen LogP contribution in [0.25, 0.3) is 0 Å². The average Bonchev–Trinajstić information content (AvgIpc) is 2.39. The minimum absolute atomic E-state index is 0.171. The Bertz CT molecular complexity index is 356. The molecule has 0 heterocycles. The highest BCUT2D eigenvalue weighted by Gasteiger charge is 2.37. The van der Waals surface area contributed by atoms with Gasteiger partial charge in [-0.25, -0.2) is 4.79 Å². The molecule has 0 aliphatic carbocycles. The van der Waals surface area contributed by atoms with E-state index in [4.69, 9.17) is 4.74 Å². The first-order valence-corrected chi connectivity index (χ1v) is 6.60. The lowest BCUT2D eigenvalue weighted by molar-refractivity contribution is -0.146. The van der Waals surface area contributed by atoms with Crippen molar-refractivity contribution in [1.82, 2.24) is 0 Å². The fourth-order valence-electron chi connectivity index (χ4n) is 2.35. The van der Waals surface area contributed by atoms with Gasteiger partial charge in [-0.2, -0.15) is 0 Å². The van der Waals surface area contributed by atoms with E-state index < -0.39 is 5.54 Å². The summed E-state index contributed by atoms with van der Waals surface area (Å²) in [5.41, 5.74) is 0.365. The van der Waals surface area contributed by atoms with E-state index in [9.17, 15) is 4.79 Å². The van der Waals surface area contributed by atoms with Gasteiger partial charge in [0.2, 0.25) is 0 Å². The normalized spacial score (nSPS) is 11.1. The second-order valence-electron chi connectivity index (χ2n) is 4.56. The van der Waals surface area contributed by atoms with E-state index in [0.717, 1.165) is 31.4 Å². The van der Waals surface area contributed by atoms with E-state index in [2.05, 4.69) is 19.2 Å². The van der Waals surface area contributed by atoms with Gasteiger partial charge in [0.25, 0.3) is 0 Å². The van der Waals surface area contributed by atoms with Gasteiger partial charge in [0, 0.05) is 5.69 Å². The molecule has 3 heteroatoms. The zero-order valence-corrected chi connectivity index (χ0v) is 11.5. The van der Waals surface area contributed by atoms with Crippen molar-refractivity contribution in [3.63, 3.8) is 0 Å². The molecule has 1 N–H and O–H groups in total. The van der Waals surface area contributed by atoms with Crippen molar-refractivity contribution in [3.05, 3.63) is 30.3 Å². The number of benzene rings is 1. The van der Waals surface area contributed by atoms with Crippen molar-refractivity contribution < 1.29 is 9.53 Å². The predicted molar refractivity (Wildman–Crippen MR) is 74.6 cm³/mol. The molecule has 3 nitrogen and oxygen atoms in total. The van der Waals surface area contributed by atoms with Gasteiger partial charge in [0.05, 0.1) is 7.11 Å². The van der Waals surface area contributed by atoms with Crippen LogP contribution in [-0.2, 0) is 9.53 Å². The monoisotopic (exact) mass is 249 g/mol. The van der Waals surface area contributed by atoms with Crippen LogP contribution >= 0.6 is 0 Å². The standard InChI is InChI=1S/C15H23NO2/c1-4-11-15(12-5-2,14(17)18-3)16-13-9-7-6-8-10-13/h6-10,16H,4-5,11-12H2,1-3H3. The van der Waals surface area contributed by atoms with Gasteiger partial charge in [-0.3, -0.25) is 0 Å². The first-order valence-electron chi connectivity index (χ1n) is 6.60. The smallest absolute Gasteiger partial charge is 0.331 e. The first kappa shape index (κ1) is 14.6. The topological polar surface area (TPSA) is 38.3 Å². The molecule has 0 radical (unpaired) electrons. The molecule has 1 aromatic carbocycles. The fraction of sp³-hybridized carbons (Fsp3) is 0.533. The number of para-hydroxylation sites is 1. The van der Waals surface area contributed by atoms with Crippen molar-refractivity contribution in [2.24, 2.45) is 0 Å². The SMILES string of the molecule is CCCC(CCC)(Nc1ccccc1)C(=O)OC. The molecule has 0 fully saturated rings. The van der Waals surface area contributed by atoms with Crippen LogP contribution in [0.15, 0.2) is 30.3 Å². The Morgan fingerprint density at radius 1 is 1.17 bits per heavy atom. The molecule has 100 valence electrons. The number of hydrogen-bond acceptors (Lipinski definition) is 3. The van der Waals surface area contributed by atoms with Crippen LogP contribution in [-0.4, -0.2) is 18.6 Å². The van der Waals surface area contributed by atoms with Crippen LogP contribution < -0.4 is 5.32 Å². The summed E-state index contributed by atoms with van der Waals surface area (Å²) in [6, 6.07) is 9.83. The Morgan fingerprint density at radius 2 is 1.72 bits per heavy atom. The van der Waals surface area contributed by atoms with E-state index >= 15 is 0 Å². The Hall–Kier alpha value is -1.51. The minimum atomic E-state index is -0.598. The number of nitrogens with one attached hydrogen (secondary N) is 1. The summed E-state index contributed by atoms with van der Waals surface area (Å²) in [7, 11) is 1.45. The molecule has 0 aliphatic rings. The molecule has 0 spiro atoms. The van der Waals surface area contributed by atoms with Crippen molar-refractivity contribution in [1.29, 1.82) is 0 Å². The lowest BCUT2D eigenvalue weighted by Gasteiger charge is -2.32. The second-order valence-corrected chi connectivity index (χ2v) is 4.56. The maximum absolute atomic E-state index is 12.1. The maximum atomic E-state index is 12.1. The van der Waals surface area contributed by atoms with Gasteiger partial charge in [-0.1, -0.05) is 44.9 Å². The van der Waals surface area contributed by atoms with Crippen molar-refractivity contribution in [2.75, 3.05) is 12.4 Å². The number of carbonyl (C=O) groups excluding carboxylic acids is 1. The molecule has 0 saturated heterocycles. The molecule has 18 heavy (non-hydrogen) atoms. The van der Waals surface area contributed by atoms with E-state index in [1.165, 1.54) is 7.11 Å². The zero-order valence-electron chi connectivity index (χ0n) is 11.5. The Balaban J connectivity index is 2.97. The largest absolute Gasteiger partial charge is 0.467 e. The first-order chi connectivity index (χ1) is 8.68. The summed E-state index contributed by atoms with van der Waals surface area (Å²) in [6.45, 7) is 4.17. The van der Waals surface area contributed by atoms with Crippen LogP contribution in [0.2, 0.25) is 0 Å². The minimum Gasteiger partial charge on any atom is -0.467 e. The third-order valence-electron chi connectivity index (χ3n) is 3.09. The molecule has 0 saturated carbocycles. The Morgan fingerprint density at radius 3 is 2.17 bits per heavy atom. The van der Waals surface area contributed by atoms with E-state index in [0.29, 0.717) is 0 Å². The third-order valence-corrected chi connectivity index (χ3v) is 3.09. The Kier molecular flexibility index (Phi) is 5.69. The number of carbonyl (C=O) groups is 1. The molecular formula is C15H23NO2. The van der Waals surface area contributed by atoms with Gasteiger partial charge < -0.3 is 10.1 Å². The molecule has 0 bridgehead atoms. The highest BCUT2D eigenvalue weighted by atomic mass is 16.5. The number of methoxy groups -OCH3 is 1.